The highest BCUT2D eigenvalue weighted by Crippen LogP contribution is 2.13. The third-order valence-electron chi connectivity index (χ3n) is 2.44. The van der Waals surface area contributed by atoms with E-state index in [0.29, 0.717) is 16.7 Å². The molecule has 3 rings (SSSR count). The van der Waals surface area contributed by atoms with Gasteiger partial charge in [-0.1, -0.05) is 0 Å². The first-order valence-corrected chi connectivity index (χ1v) is 5.09. The van der Waals surface area contributed by atoms with Gasteiger partial charge in [0.05, 0.1) is 17.1 Å². The van der Waals surface area contributed by atoms with Crippen LogP contribution in [0, 0.1) is 0 Å². The number of H-pyrrole nitrogens is 1. The number of aromatic nitrogens is 4. The van der Waals surface area contributed by atoms with Gasteiger partial charge in [-0.3, -0.25) is 14.8 Å². The lowest BCUT2D eigenvalue weighted by Crippen LogP contribution is -2.09. The number of hydrogen-bond acceptors (Lipinski definition) is 4. The standard InChI is InChI=1S/C12H8N4O/c17-12-9-3-5-14-7-10(9)15-11(16-12)8-2-1-4-13-6-8/h1-7H,(H,15,16,17). The van der Waals surface area contributed by atoms with Crippen molar-refractivity contribution in [3.63, 3.8) is 0 Å². The molecule has 0 atom stereocenters. The molecular weight excluding hydrogens is 216 g/mol. The Labute approximate surface area is 96.2 Å². The average Bonchev–Trinajstić information content (AvgIpc) is 2.40. The molecule has 3 aromatic heterocycles. The minimum atomic E-state index is -0.170. The molecule has 0 aliphatic heterocycles. The van der Waals surface area contributed by atoms with Gasteiger partial charge in [0.15, 0.2) is 0 Å². The second kappa shape index (κ2) is 3.79. The molecule has 1 N–H and O–H groups in total. The summed E-state index contributed by atoms with van der Waals surface area (Å²) in [5.41, 5.74) is 1.18. The van der Waals surface area contributed by atoms with E-state index in [9.17, 15) is 4.79 Å². The molecule has 0 saturated carbocycles. The van der Waals surface area contributed by atoms with Crippen LogP contribution in [0.5, 0.6) is 0 Å². The molecule has 0 radical (unpaired) electrons. The van der Waals surface area contributed by atoms with E-state index in [-0.39, 0.29) is 5.56 Å². The van der Waals surface area contributed by atoms with Gasteiger partial charge in [-0.2, -0.15) is 0 Å². The molecule has 0 amide bonds. The van der Waals surface area contributed by atoms with E-state index in [4.69, 9.17) is 0 Å². The maximum Gasteiger partial charge on any atom is 0.259 e. The van der Waals surface area contributed by atoms with Gasteiger partial charge in [-0.25, -0.2) is 4.98 Å². The van der Waals surface area contributed by atoms with Crippen LogP contribution in [-0.4, -0.2) is 19.9 Å². The van der Waals surface area contributed by atoms with Crippen LogP contribution in [0.15, 0.2) is 47.8 Å². The smallest absolute Gasteiger partial charge is 0.259 e. The lowest BCUT2D eigenvalue weighted by Gasteiger charge is -2.01. The molecule has 3 aromatic rings. The molecule has 0 aliphatic carbocycles. The van der Waals surface area contributed by atoms with Crippen molar-refractivity contribution in [1.29, 1.82) is 0 Å². The Morgan fingerprint density at radius 2 is 1.94 bits per heavy atom. The van der Waals surface area contributed by atoms with Gasteiger partial charge in [0.2, 0.25) is 0 Å². The number of rotatable bonds is 1. The lowest BCUT2D eigenvalue weighted by molar-refractivity contribution is 1.16. The van der Waals surface area contributed by atoms with Gasteiger partial charge in [0.25, 0.3) is 5.56 Å². The maximum atomic E-state index is 11.8. The van der Waals surface area contributed by atoms with Crippen molar-refractivity contribution in [2.24, 2.45) is 0 Å². The average molecular weight is 224 g/mol. The summed E-state index contributed by atoms with van der Waals surface area (Å²) in [5.74, 6) is 0.503. The van der Waals surface area contributed by atoms with Crippen molar-refractivity contribution >= 4 is 10.9 Å². The van der Waals surface area contributed by atoms with E-state index in [2.05, 4.69) is 19.9 Å². The van der Waals surface area contributed by atoms with Crippen LogP contribution >= 0.6 is 0 Å². The minimum absolute atomic E-state index is 0.170. The Hall–Kier alpha value is -2.56. The van der Waals surface area contributed by atoms with Gasteiger partial charge in [0, 0.05) is 24.2 Å². The van der Waals surface area contributed by atoms with Crippen LogP contribution in [0.1, 0.15) is 0 Å². The summed E-state index contributed by atoms with van der Waals surface area (Å²) in [5, 5.41) is 0.535. The summed E-state index contributed by atoms with van der Waals surface area (Å²) in [4.78, 5) is 26.9. The summed E-state index contributed by atoms with van der Waals surface area (Å²) in [7, 11) is 0. The zero-order valence-electron chi connectivity index (χ0n) is 8.79. The predicted octanol–water partition coefficient (Wildman–Crippen LogP) is 1.38. The molecular formula is C12H8N4O. The summed E-state index contributed by atoms with van der Waals surface area (Å²) < 4.78 is 0. The van der Waals surface area contributed by atoms with Gasteiger partial charge in [0.1, 0.15) is 5.82 Å². The number of hydrogen-bond donors (Lipinski definition) is 1. The number of pyridine rings is 2. The highest BCUT2D eigenvalue weighted by molar-refractivity contribution is 5.78. The predicted molar refractivity (Wildman–Crippen MR) is 63.4 cm³/mol. The van der Waals surface area contributed by atoms with E-state index in [1.165, 1.54) is 0 Å². The summed E-state index contributed by atoms with van der Waals surface area (Å²) >= 11 is 0. The van der Waals surface area contributed by atoms with E-state index in [1.807, 2.05) is 6.07 Å². The fourth-order valence-electron chi connectivity index (χ4n) is 1.63. The van der Waals surface area contributed by atoms with Crippen molar-refractivity contribution in [3.05, 3.63) is 53.3 Å². The van der Waals surface area contributed by atoms with Crippen LogP contribution in [0.2, 0.25) is 0 Å². The monoisotopic (exact) mass is 224 g/mol. The first kappa shape index (κ1) is 9.65. The van der Waals surface area contributed by atoms with Gasteiger partial charge in [-0.05, 0) is 18.2 Å². The number of nitrogens with zero attached hydrogens (tertiary/aromatic N) is 3. The summed E-state index contributed by atoms with van der Waals surface area (Å²) in [6.45, 7) is 0. The quantitative estimate of drug-likeness (QED) is 0.677. The van der Waals surface area contributed by atoms with Crippen molar-refractivity contribution in [3.8, 4) is 11.4 Å². The lowest BCUT2D eigenvalue weighted by atomic mass is 10.2. The largest absolute Gasteiger partial charge is 0.306 e. The van der Waals surface area contributed by atoms with Crippen LogP contribution < -0.4 is 5.56 Å². The summed E-state index contributed by atoms with van der Waals surface area (Å²) in [6, 6.07) is 5.28. The molecule has 5 nitrogen and oxygen atoms in total. The number of fused-ring (bicyclic) bond motifs is 1. The minimum Gasteiger partial charge on any atom is -0.306 e. The van der Waals surface area contributed by atoms with Crippen LogP contribution in [0.3, 0.4) is 0 Å². The Balaban J connectivity index is 2.30. The zero-order chi connectivity index (χ0) is 11.7. The third-order valence-corrected chi connectivity index (χ3v) is 2.44. The maximum absolute atomic E-state index is 11.8. The van der Waals surface area contributed by atoms with Gasteiger partial charge < -0.3 is 4.98 Å². The van der Waals surface area contributed by atoms with E-state index < -0.39 is 0 Å². The van der Waals surface area contributed by atoms with E-state index >= 15 is 0 Å². The molecule has 0 aliphatic rings. The molecule has 3 heterocycles. The van der Waals surface area contributed by atoms with E-state index in [1.54, 1.807) is 36.9 Å². The Kier molecular flexibility index (Phi) is 2.15. The van der Waals surface area contributed by atoms with Crippen LogP contribution in [0.25, 0.3) is 22.3 Å². The van der Waals surface area contributed by atoms with Crippen LogP contribution in [-0.2, 0) is 0 Å². The highest BCUT2D eigenvalue weighted by Gasteiger charge is 2.05. The van der Waals surface area contributed by atoms with Crippen molar-refractivity contribution in [2.75, 3.05) is 0 Å². The van der Waals surface area contributed by atoms with Crippen molar-refractivity contribution < 1.29 is 0 Å². The topological polar surface area (TPSA) is 71.5 Å². The molecule has 0 aromatic carbocycles. The fraction of sp³-hybridized carbons (Fsp3) is 0. The number of aromatic amines is 1. The Morgan fingerprint density at radius 3 is 2.76 bits per heavy atom. The SMILES string of the molecule is O=c1[nH]c(-c2cccnc2)nc2cnccc12. The molecule has 17 heavy (non-hydrogen) atoms. The first-order chi connectivity index (χ1) is 8.34. The highest BCUT2D eigenvalue weighted by atomic mass is 16.1. The number of nitrogens with one attached hydrogen (secondary N) is 1. The van der Waals surface area contributed by atoms with Gasteiger partial charge in [-0.15, -0.1) is 0 Å². The fourth-order valence-corrected chi connectivity index (χ4v) is 1.63. The van der Waals surface area contributed by atoms with Crippen molar-refractivity contribution in [1.82, 2.24) is 19.9 Å². The summed E-state index contributed by atoms with van der Waals surface area (Å²) in [6.07, 6.45) is 6.47. The molecule has 0 fully saturated rings. The molecule has 0 bridgehead atoms. The van der Waals surface area contributed by atoms with Gasteiger partial charge >= 0.3 is 0 Å². The molecule has 82 valence electrons. The first-order valence-electron chi connectivity index (χ1n) is 5.09. The van der Waals surface area contributed by atoms with Crippen LogP contribution in [0.4, 0.5) is 0 Å². The second-order valence-corrected chi connectivity index (χ2v) is 3.55. The normalized spacial score (nSPS) is 10.6. The zero-order valence-corrected chi connectivity index (χ0v) is 8.79. The molecule has 0 saturated heterocycles. The third kappa shape index (κ3) is 1.67. The molecule has 0 unspecified atom stereocenters. The molecule has 5 heteroatoms. The van der Waals surface area contributed by atoms with E-state index in [0.717, 1.165) is 5.56 Å². The Morgan fingerprint density at radius 1 is 1.06 bits per heavy atom. The molecule has 0 spiro atoms. The Bertz CT molecular complexity index is 721. The van der Waals surface area contributed by atoms with Crippen molar-refractivity contribution in [2.45, 2.75) is 0 Å². The second-order valence-electron chi connectivity index (χ2n) is 3.55.